The lowest BCUT2D eigenvalue weighted by molar-refractivity contribution is 0.0966. The Kier molecular flexibility index (Phi) is 4.91. The highest BCUT2D eigenvalue weighted by Gasteiger charge is 2.28. The molecule has 1 saturated heterocycles. The number of carbonyl (C=O) groups excluding carboxylic acids is 1. The van der Waals surface area contributed by atoms with E-state index >= 15 is 0 Å². The third-order valence-corrected chi connectivity index (χ3v) is 6.72. The predicted molar refractivity (Wildman–Crippen MR) is 130 cm³/mol. The summed E-state index contributed by atoms with van der Waals surface area (Å²) >= 11 is 0. The Labute approximate surface area is 196 Å². The molecule has 4 aromatic rings. The lowest BCUT2D eigenvalue weighted by Crippen LogP contribution is -2.35. The first-order chi connectivity index (χ1) is 16.6. The number of aromatic nitrogens is 4. The molecular weight excluding hydrogens is 430 g/mol. The fourth-order valence-corrected chi connectivity index (χ4v) is 4.85. The van der Waals surface area contributed by atoms with Crippen LogP contribution in [0.15, 0.2) is 49.1 Å². The maximum absolute atomic E-state index is 12.8. The highest BCUT2D eigenvalue weighted by Crippen LogP contribution is 2.36. The molecule has 34 heavy (non-hydrogen) atoms. The zero-order chi connectivity index (χ0) is 23.2. The van der Waals surface area contributed by atoms with E-state index in [1.54, 1.807) is 6.20 Å². The van der Waals surface area contributed by atoms with E-state index in [2.05, 4.69) is 30.5 Å². The molecule has 1 amide bonds. The van der Waals surface area contributed by atoms with Crippen LogP contribution in [0.4, 0.5) is 17.3 Å². The van der Waals surface area contributed by atoms with Gasteiger partial charge in [0.05, 0.1) is 23.6 Å². The van der Waals surface area contributed by atoms with Crippen molar-refractivity contribution in [1.29, 1.82) is 0 Å². The van der Waals surface area contributed by atoms with Crippen LogP contribution >= 0.6 is 0 Å². The second-order valence-electron chi connectivity index (χ2n) is 8.82. The minimum atomic E-state index is -0.211. The van der Waals surface area contributed by atoms with Crippen molar-refractivity contribution >= 4 is 34.3 Å². The highest BCUT2D eigenvalue weighted by molar-refractivity contribution is 6.06. The molecule has 0 atom stereocenters. The van der Waals surface area contributed by atoms with Crippen LogP contribution in [0.25, 0.3) is 22.2 Å². The SMILES string of the molecule is Cn1ccc2c(-c3cnc(Nc4ccc(N5CCC(O)CC5)cn4)c4c3CNC4=O)ccnc21. The summed E-state index contributed by atoms with van der Waals surface area (Å²) in [5, 5.41) is 16.9. The average molecular weight is 456 g/mol. The molecule has 6 rings (SSSR count). The van der Waals surface area contributed by atoms with Crippen LogP contribution in [0, 0.1) is 0 Å². The van der Waals surface area contributed by atoms with E-state index in [9.17, 15) is 9.90 Å². The molecule has 9 nitrogen and oxygen atoms in total. The van der Waals surface area contributed by atoms with Crippen molar-refractivity contribution in [2.24, 2.45) is 7.05 Å². The summed E-state index contributed by atoms with van der Waals surface area (Å²) < 4.78 is 1.98. The summed E-state index contributed by atoms with van der Waals surface area (Å²) in [6.07, 6.45) is 8.73. The zero-order valence-electron chi connectivity index (χ0n) is 18.8. The highest BCUT2D eigenvalue weighted by atomic mass is 16.3. The number of nitrogens with zero attached hydrogens (tertiary/aromatic N) is 5. The van der Waals surface area contributed by atoms with Gasteiger partial charge in [0.2, 0.25) is 0 Å². The minimum absolute atomic E-state index is 0.145. The molecule has 1 fully saturated rings. The van der Waals surface area contributed by atoms with E-state index in [0.717, 1.165) is 59.3 Å². The predicted octanol–water partition coefficient (Wildman–Crippen LogP) is 2.98. The normalized spacial score (nSPS) is 16.1. The van der Waals surface area contributed by atoms with Crippen molar-refractivity contribution < 1.29 is 9.90 Å². The van der Waals surface area contributed by atoms with Gasteiger partial charge in [0, 0.05) is 56.2 Å². The largest absolute Gasteiger partial charge is 0.393 e. The smallest absolute Gasteiger partial charge is 0.255 e. The number of anilines is 3. The van der Waals surface area contributed by atoms with Crippen LogP contribution in [-0.2, 0) is 13.6 Å². The Morgan fingerprint density at radius 3 is 2.71 bits per heavy atom. The number of nitrogens with one attached hydrogen (secondary N) is 2. The topological polar surface area (TPSA) is 108 Å². The molecule has 9 heteroatoms. The second kappa shape index (κ2) is 8.11. The Morgan fingerprint density at radius 1 is 1.06 bits per heavy atom. The van der Waals surface area contributed by atoms with Gasteiger partial charge in [0.25, 0.3) is 5.91 Å². The maximum atomic E-state index is 12.8. The Morgan fingerprint density at radius 2 is 1.91 bits per heavy atom. The Bertz CT molecular complexity index is 1390. The van der Waals surface area contributed by atoms with Gasteiger partial charge in [-0.05, 0) is 48.2 Å². The van der Waals surface area contributed by atoms with Gasteiger partial charge in [-0.25, -0.2) is 15.0 Å². The van der Waals surface area contributed by atoms with E-state index < -0.39 is 0 Å². The van der Waals surface area contributed by atoms with Gasteiger partial charge in [0.15, 0.2) is 0 Å². The molecule has 2 aliphatic heterocycles. The molecule has 3 N–H and O–H groups in total. The maximum Gasteiger partial charge on any atom is 0.255 e. The molecule has 0 aromatic carbocycles. The van der Waals surface area contributed by atoms with Gasteiger partial charge in [-0.2, -0.15) is 0 Å². The summed E-state index contributed by atoms with van der Waals surface area (Å²) in [5.74, 6) is 0.972. The van der Waals surface area contributed by atoms with E-state index in [1.165, 1.54) is 0 Å². The summed E-state index contributed by atoms with van der Waals surface area (Å²) in [7, 11) is 1.97. The van der Waals surface area contributed by atoms with Crippen molar-refractivity contribution in [2.45, 2.75) is 25.5 Å². The summed E-state index contributed by atoms with van der Waals surface area (Å²) in [6.45, 7) is 2.08. The molecule has 0 unspecified atom stereocenters. The third-order valence-electron chi connectivity index (χ3n) is 6.72. The molecule has 0 aliphatic carbocycles. The number of piperidine rings is 1. The molecule has 0 spiro atoms. The van der Waals surface area contributed by atoms with Gasteiger partial charge < -0.3 is 25.2 Å². The molecular formula is C25H25N7O2. The number of rotatable bonds is 4. The van der Waals surface area contributed by atoms with E-state index in [0.29, 0.717) is 23.7 Å². The van der Waals surface area contributed by atoms with Crippen molar-refractivity contribution in [3.63, 3.8) is 0 Å². The number of aliphatic hydroxyl groups is 1. The number of pyridine rings is 3. The average Bonchev–Trinajstić information content (AvgIpc) is 3.44. The van der Waals surface area contributed by atoms with Crippen LogP contribution in [0.1, 0.15) is 28.8 Å². The molecule has 0 bridgehead atoms. The molecule has 172 valence electrons. The van der Waals surface area contributed by atoms with E-state index in [4.69, 9.17) is 0 Å². The van der Waals surface area contributed by atoms with Crippen molar-refractivity contribution in [1.82, 2.24) is 24.8 Å². The van der Waals surface area contributed by atoms with Crippen molar-refractivity contribution in [3.05, 3.63) is 60.2 Å². The molecule has 0 radical (unpaired) electrons. The number of aryl methyl sites for hydroxylation is 1. The molecule has 2 aliphatic rings. The summed E-state index contributed by atoms with van der Waals surface area (Å²) in [4.78, 5) is 28.6. The number of fused-ring (bicyclic) bond motifs is 2. The Balaban J connectivity index is 1.32. The van der Waals surface area contributed by atoms with Gasteiger partial charge >= 0.3 is 0 Å². The first-order valence-corrected chi connectivity index (χ1v) is 11.4. The van der Waals surface area contributed by atoms with Crippen LogP contribution in [0.3, 0.4) is 0 Å². The van der Waals surface area contributed by atoms with Crippen molar-refractivity contribution in [2.75, 3.05) is 23.3 Å². The van der Waals surface area contributed by atoms with Crippen LogP contribution in [0.5, 0.6) is 0 Å². The first-order valence-electron chi connectivity index (χ1n) is 11.4. The molecule has 0 saturated carbocycles. The molecule has 6 heterocycles. The van der Waals surface area contributed by atoms with Gasteiger partial charge in [-0.1, -0.05) is 0 Å². The summed E-state index contributed by atoms with van der Waals surface area (Å²) in [5.41, 5.74) is 5.31. The lowest BCUT2D eigenvalue weighted by Gasteiger charge is -2.31. The van der Waals surface area contributed by atoms with Crippen LogP contribution < -0.4 is 15.5 Å². The van der Waals surface area contributed by atoms with Gasteiger partial charge in [-0.3, -0.25) is 4.79 Å². The van der Waals surface area contributed by atoms with Crippen molar-refractivity contribution in [3.8, 4) is 11.1 Å². The zero-order valence-corrected chi connectivity index (χ0v) is 18.8. The fraction of sp³-hybridized carbons (Fsp3) is 0.280. The number of hydrogen-bond donors (Lipinski definition) is 3. The first kappa shape index (κ1) is 20.6. The monoisotopic (exact) mass is 455 g/mol. The number of hydrogen-bond acceptors (Lipinski definition) is 7. The number of carbonyl (C=O) groups is 1. The van der Waals surface area contributed by atoms with Gasteiger partial charge in [0.1, 0.15) is 17.3 Å². The molecule has 4 aromatic heterocycles. The summed E-state index contributed by atoms with van der Waals surface area (Å²) in [6, 6.07) is 7.90. The third kappa shape index (κ3) is 3.45. The van der Waals surface area contributed by atoms with Gasteiger partial charge in [-0.15, -0.1) is 0 Å². The second-order valence-corrected chi connectivity index (χ2v) is 8.82. The van der Waals surface area contributed by atoms with E-state index in [-0.39, 0.29) is 12.0 Å². The lowest BCUT2D eigenvalue weighted by atomic mass is 9.98. The number of amides is 1. The van der Waals surface area contributed by atoms with Crippen LogP contribution in [0.2, 0.25) is 0 Å². The standard InChI is InChI=1S/C25H25N7O2/c1-31-9-7-18-17(4-8-26-24(18)31)19-13-28-23(22-20(19)14-29-25(22)34)30-21-3-2-15(12-27-21)32-10-5-16(33)6-11-32/h2-4,7-9,12-13,16,33H,5-6,10-11,14H2,1H3,(H,29,34)(H,27,28,30). The number of aliphatic hydroxyl groups excluding tert-OH is 1. The fourth-order valence-electron chi connectivity index (χ4n) is 4.85. The minimum Gasteiger partial charge on any atom is -0.393 e. The van der Waals surface area contributed by atoms with Crippen LogP contribution in [-0.4, -0.2) is 49.7 Å². The quantitative estimate of drug-likeness (QED) is 0.434. The van der Waals surface area contributed by atoms with E-state index in [1.807, 2.05) is 54.5 Å². The Hall–Kier alpha value is -3.98.